The number of nitrogens with one attached hydrogen (secondary N) is 2. The van der Waals surface area contributed by atoms with E-state index in [4.69, 9.17) is 5.11 Å². The van der Waals surface area contributed by atoms with Gasteiger partial charge < -0.3 is 15.7 Å². The van der Waals surface area contributed by atoms with E-state index in [0.717, 1.165) is 6.42 Å². The van der Waals surface area contributed by atoms with E-state index in [2.05, 4.69) is 10.6 Å². The molecule has 1 aliphatic rings. The molecule has 0 aromatic rings. The fourth-order valence-electron chi connectivity index (χ4n) is 1.82. The van der Waals surface area contributed by atoms with Crippen molar-refractivity contribution in [2.45, 2.75) is 45.1 Å². The van der Waals surface area contributed by atoms with Gasteiger partial charge in [0, 0.05) is 25.4 Å². The number of hydrogen-bond donors (Lipinski definition) is 3. The summed E-state index contributed by atoms with van der Waals surface area (Å²) in [7, 11) is 0. The number of amides is 2. The van der Waals surface area contributed by atoms with Crippen molar-refractivity contribution in [2.75, 3.05) is 6.54 Å². The summed E-state index contributed by atoms with van der Waals surface area (Å²) < 4.78 is 0. The van der Waals surface area contributed by atoms with Gasteiger partial charge in [0.25, 0.3) is 0 Å². The van der Waals surface area contributed by atoms with Gasteiger partial charge in [0.1, 0.15) is 0 Å². The van der Waals surface area contributed by atoms with E-state index in [1.54, 1.807) is 0 Å². The first kappa shape index (κ1) is 14.5. The summed E-state index contributed by atoms with van der Waals surface area (Å²) in [6.45, 7) is 2.59. The van der Waals surface area contributed by atoms with Crippen molar-refractivity contribution in [3.63, 3.8) is 0 Å². The minimum atomic E-state index is -0.806. The van der Waals surface area contributed by atoms with Crippen LogP contribution in [0.25, 0.3) is 0 Å². The van der Waals surface area contributed by atoms with Crippen molar-refractivity contribution in [3.05, 3.63) is 0 Å². The topological polar surface area (TPSA) is 95.5 Å². The largest absolute Gasteiger partial charge is 0.481 e. The molecule has 102 valence electrons. The number of carbonyl (C=O) groups is 3. The zero-order valence-corrected chi connectivity index (χ0v) is 10.6. The van der Waals surface area contributed by atoms with Crippen LogP contribution in [0.2, 0.25) is 0 Å². The van der Waals surface area contributed by atoms with Gasteiger partial charge in [0.15, 0.2) is 0 Å². The summed E-state index contributed by atoms with van der Waals surface area (Å²) in [5.41, 5.74) is 0. The predicted molar refractivity (Wildman–Crippen MR) is 64.8 cm³/mol. The Morgan fingerprint density at radius 2 is 1.78 bits per heavy atom. The normalized spacial score (nSPS) is 21.8. The van der Waals surface area contributed by atoms with Gasteiger partial charge in [-0.25, -0.2) is 0 Å². The van der Waals surface area contributed by atoms with Gasteiger partial charge in [-0.2, -0.15) is 0 Å². The first-order chi connectivity index (χ1) is 8.52. The van der Waals surface area contributed by atoms with Gasteiger partial charge in [0.2, 0.25) is 11.8 Å². The molecule has 0 spiro atoms. The summed E-state index contributed by atoms with van der Waals surface area (Å²) in [5, 5.41) is 14.1. The zero-order valence-electron chi connectivity index (χ0n) is 10.6. The number of rotatable bonds is 7. The molecule has 0 unspecified atom stereocenters. The van der Waals surface area contributed by atoms with Gasteiger partial charge in [-0.05, 0) is 19.3 Å². The molecular weight excluding hydrogens is 236 g/mol. The molecule has 18 heavy (non-hydrogen) atoms. The maximum Gasteiger partial charge on any atom is 0.306 e. The molecule has 0 bridgehead atoms. The average molecular weight is 256 g/mol. The first-order valence-electron chi connectivity index (χ1n) is 6.31. The molecule has 0 saturated heterocycles. The van der Waals surface area contributed by atoms with Crippen LogP contribution in [0.1, 0.15) is 39.0 Å². The lowest BCUT2D eigenvalue weighted by Gasteiger charge is -2.32. The van der Waals surface area contributed by atoms with E-state index in [9.17, 15) is 14.4 Å². The van der Waals surface area contributed by atoms with Gasteiger partial charge in [-0.1, -0.05) is 6.92 Å². The highest BCUT2D eigenvalue weighted by Gasteiger charge is 2.35. The monoisotopic (exact) mass is 256 g/mol. The van der Waals surface area contributed by atoms with Gasteiger partial charge in [-0.3, -0.25) is 14.4 Å². The van der Waals surface area contributed by atoms with Crippen LogP contribution in [0.5, 0.6) is 0 Å². The lowest BCUT2D eigenvalue weighted by molar-refractivity contribution is -0.146. The Balaban J connectivity index is 2.08. The van der Waals surface area contributed by atoms with Crippen molar-refractivity contribution in [3.8, 4) is 0 Å². The van der Waals surface area contributed by atoms with Crippen LogP contribution in [0.15, 0.2) is 0 Å². The minimum absolute atomic E-state index is 0.0442. The third-order valence-electron chi connectivity index (χ3n) is 3.00. The van der Waals surface area contributed by atoms with Crippen LogP contribution < -0.4 is 10.6 Å². The molecule has 6 nitrogen and oxygen atoms in total. The van der Waals surface area contributed by atoms with Gasteiger partial charge in [0.05, 0.1) is 5.92 Å². The molecule has 0 atom stereocenters. The van der Waals surface area contributed by atoms with Crippen LogP contribution in [-0.2, 0) is 14.4 Å². The molecule has 0 radical (unpaired) electrons. The summed E-state index contributed by atoms with van der Waals surface area (Å²) in [4.78, 5) is 33.3. The van der Waals surface area contributed by atoms with Crippen LogP contribution >= 0.6 is 0 Å². The van der Waals surface area contributed by atoms with E-state index < -0.39 is 5.97 Å². The van der Waals surface area contributed by atoms with Crippen LogP contribution in [-0.4, -0.2) is 35.5 Å². The Hall–Kier alpha value is -1.59. The summed E-state index contributed by atoms with van der Waals surface area (Å²) in [5.74, 6) is -1.44. The molecule has 3 N–H and O–H groups in total. The third kappa shape index (κ3) is 4.73. The van der Waals surface area contributed by atoms with E-state index >= 15 is 0 Å². The average Bonchev–Trinajstić information content (AvgIpc) is 2.27. The number of carbonyl (C=O) groups excluding carboxylic acids is 2. The molecule has 0 aromatic heterocycles. The summed E-state index contributed by atoms with van der Waals surface area (Å²) in [6, 6.07) is -0.0442. The molecule has 0 heterocycles. The smallest absolute Gasteiger partial charge is 0.306 e. The Kier molecular flexibility index (Phi) is 5.61. The Morgan fingerprint density at radius 1 is 1.17 bits per heavy atom. The number of carboxylic acids is 1. The molecule has 0 aromatic carbocycles. The molecule has 2 amide bonds. The Labute approximate surface area is 106 Å². The van der Waals surface area contributed by atoms with Crippen molar-refractivity contribution < 1.29 is 19.5 Å². The molecule has 1 rings (SSSR count). The van der Waals surface area contributed by atoms with Crippen molar-refractivity contribution >= 4 is 17.8 Å². The van der Waals surface area contributed by atoms with Gasteiger partial charge >= 0.3 is 5.97 Å². The van der Waals surface area contributed by atoms with E-state index in [1.807, 2.05) is 6.92 Å². The number of aliphatic carboxylic acids is 1. The number of carboxylic acid groups (broad SMARTS) is 1. The Bertz CT molecular complexity index is 324. The molecular formula is C12H20N2O4. The molecule has 6 heteroatoms. The van der Waals surface area contributed by atoms with Crippen LogP contribution in [0, 0.1) is 5.92 Å². The summed E-state index contributed by atoms with van der Waals surface area (Å²) in [6.07, 6.45) is 2.19. The van der Waals surface area contributed by atoms with Crippen molar-refractivity contribution in [1.82, 2.24) is 10.6 Å². The van der Waals surface area contributed by atoms with Crippen LogP contribution in [0.4, 0.5) is 0 Å². The highest BCUT2D eigenvalue weighted by atomic mass is 16.4. The zero-order chi connectivity index (χ0) is 13.5. The highest BCUT2D eigenvalue weighted by molar-refractivity contribution is 5.84. The third-order valence-corrected chi connectivity index (χ3v) is 3.00. The van der Waals surface area contributed by atoms with Crippen LogP contribution in [0.3, 0.4) is 0 Å². The lowest BCUT2D eigenvalue weighted by Crippen LogP contribution is -2.46. The maximum atomic E-state index is 11.5. The predicted octanol–water partition coefficient (Wildman–Crippen LogP) is 0.272. The molecule has 1 saturated carbocycles. The lowest BCUT2D eigenvalue weighted by atomic mass is 9.80. The second-order valence-corrected chi connectivity index (χ2v) is 4.62. The Morgan fingerprint density at radius 3 is 2.33 bits per heavy atom. The van der Waals surface area contributed by atoms with E-state index in [-0.39, 0.29) is 36.6 Å². The van der Waals surface area contributed by atoms with Crippen molar-refractivity contribution in [1.29, 1.82) is 0 Å². The SMILES string of the molecule is CCCNC(=O)CCC(=O)NC1CC(C(=O)O)C1. The number of hydrogen-bond acceptors (Lipinski definition) is 3. The highest BCUT2D eigenvalue weighted by Crippen LogP contribution is 2.27. The molecule has 1 aliphatic carbocycles. The quantitative estimate of drug-likeness (QED) is 0.609. The fourth-order valence-corrected chi connectivity index (χ4v) is 1.82. The van der Waals surface area contributed by atoms with E-state index in [1.165, 1.54) is 0 Å². The van der Waals surface area contributed by atoms with Gasteiger partial charge in [-0.15, -0.1) is 0 Å². The second kappa shape index (κ2) is 6.98. The standard InChI is InChI=1S/C12H20N2O4/c1-2-5-13-10(15)3-4-11(16)14-9-6-8(7-9)12(17)18/h8-9H,2-7H2,1H3,(H,13,15)(H,14,16)(H,17,18). The molecule has 1 fully saturated rings. The maximum absolute atomic E-state index is 11.5. The molecule has 0 aliphatic heterocycles. The van der Waals surface area contributed by atoms with Crippen molar-refractivity contribution in [2.24, 2.45) is 5.92 Å². The fraction of sp³-hybridized carbons (Fsp3) is 0.750. The summed E-state index contributed by atoms with van der Waals surface area (Å²) >= 11 is 0. The van der Waals surface area contributed by atoms with E-state index in [0.29, 0.717) is 19.4 Å². The first-order valence-corrected chi connectivity index (χ1v) is 6.31. The minimum Gasteiger partial charge on any atom is -0.481 e. The second-order valence-electron chi connectivity index (χ2n) is 4.62.